The van der Waals surface area contributed by atoms with Crippen LogP contribution in [0.15, 0.2) is 36.5 Å². The van der Waals surface area contributed by atoms with Gasteiger partial charge in [0.2, 0.25) is 0 Å². The van der Waals surface area contributed by atoms with Crippen LogP contribution in [0.3, 0.4) is 0 Å². The van der Waals surface area contributed by atoms with Gasteiger partial charge in [0.1, 0.15) is 0 Å². The van der Waals surface area contributed by atoms with Gasteiger partial charge in [0.05, 0.1) is 18.0 Å². The fraction of sp³-hybridized carbons (Fsp3) is 0.333. The van der Waals surface area contributed by atoms with Crippen molar-refractivity contribution in [1.82, 2.24) is 4.98 Å². The molecule has 100 valence electrons. The molecule has 2 rings (SSSR count). The minimum absolute atomic E-state index is 0.239. The van der Waals surface area contributed by atoms with Gasteiger partial charge in [-0.3, -0.25) is 9.78 Å². The lowest BCUT2D eigenvalue weighted by atomic mass is 9.83. The summed E-state index contributed by atoms with van der Waals surface area (Å²) < 4.78 is 4.85. The van der Waals surface area contributed by atoms with E-state index in [0.717, 1.165) is 16.5 Å². The van der Waals surface area contributed by atoms with E-state index in [1.807, 2.05) is 37.3 Å². The second-order valence-corrected chi connectivity index (χ2v) is 4.93. The third-order valence-corrected chi connectivity index (χ3v) is 3.43. The normalized spacial score (nSPS) is 14.1. The average molecular weight is 258 g/mol. The lowest BCUT2D eigenvalue weighted by Gasteiger charge is -2.25. The fourth-order valence-corrected chi connectivity index (χ4v) is 2.20. The highest BCUT2D eigenvalue weighted by Gasteiger charge is 2.33. The van der Waals surface area contributed by atoms with Crippen molar-refractivity contribution < 1.29 is 9.53 Å². The van der Waals surface area contributed by atoms with Gasteiger partial charge < -0.3 is 10.5 Å². The predicted octanol–water partition coefficient (Wildman–Crippen LogP) is 1.92. The second kappa shape index (κ2) is 5.36. The van der Waals surface area contributed by atoms with Crippen molar-refractivity contribution in [2.75, 3.05) is 13.7 Å². The van der Waals surface area contributed by atoms with Crippen molar-refractivity contribution >= 4 is 16.9 Å². The average Bonchev–Trinajstić information content (AvgIpc) is 2.46. The number of carbonyl (C=O) groups excluding carboxylic acids is 1. The van der Waals surface area contributed by atoms with Gasteiger partial charge in [-0.1, -0.05) is 24.3 Å². The van der Waals surface area contributed by atoms with Gasteiger partial charge >= 0.3 is 5.97 Å². The highest BCUT2D eigenvalue weighted by atomic mass is 16.5. The van der Waals surface area contributed by atoms with Crippen molar-refractivity contribution in [3.8, 4) is 0 Å². The van der Waals surface area contributed by atoms with Crippen LogP contribution in [0.2, 0.25) is 0 Å². The number of methoxy groups -OCH3 is 1. The molecule has 2 aromatic rings. The summed E-state index contributed by atoms with van der Waals surface area (Å²) in [6.45, 7) is 2.06. The Morgan fingerprint density at radius 2 is 2.11 bits per heavy atom. The topological polar surface area (TPSA) is 65.2 Å². The van der Waals surface area contributed by atoms with E-state index < -0.39 is 5.41 Å². The number of pyridine rings is 1. The standard InChI is InChI=1S/C15H18N2O2/c1-15(10-16,14(18)19-2)9-12-6-3-5-11-7-4-8-17-13(11)12/h3-8H,9-10,16H2,1-2H3. The number of para-hydroxylation sites is 1. The van der Waals surface area contributed by atoms with Crippen molar-refractivity contribution in [2.45, 2.75) is 13.3 Å². The first kappa shape index (κ1) is 13.5. The SMILES string of the molecule is COC(=O)C(C)(CN)Cc1cccc2cccnc12. The molecule has 0 radical (unpaired) electrons. The summed E-state index contributed by atoms with van der Waals surface area (Å²) in [5.41, 5.74) is 6.95. The van der Waals surface area contributed by atoms with Gasteiger partial charge in [-0.2, -0.15) is 0 Å². The molecule has 19 heavy (non-hydrogen) atoms. The zero-order valence-electron chi connectivity index (χ0n) is 11.2. The third kappa shape index (κ3) is 2.58. The van der Waals surface area contributed by atoms with Crippen LogP contribution in [-0.4, -0.2) is 24.6 Å². The quantitative estimate of drug-likeness (QED) is 0.851. The first-order valence-electron chi connectivity index (χ1n) is 6.22. The molecule has 0 spiro atoms. The largest absolute Gasteiger partial charge is 0.469 e. The van der Waals surface area contributed by atoms with Crippen molar-refractivity contribution in [3.63, 3.8) is 0 Å². The van der Waals surface area contributed by atoms with Crippen LogP contribution in [0, 0.1) is 5.41 Å². The molecule has 0 aliphatic carbocycles. The molecular formula is C15H18N2O2. The fourth-order valence-electron chi connectivity index (χ4n) is 2.20. The number of esters is 1. The van der Waals surface area contributed by atoms with E-state index >= 15 is 0 Å². The van der Waals surface area contributed by atoms with Crippen molar-refractivity contribution in [2.24, 2.45) is 11.1 Å². The number of hydrogen-bond acceptors (Lipinski definition) is 4. The van der Waals surface area contributed by atoms with Gasteiger partial charge in [0.15, 0.2) is 0 Å². The summed E-state index contributed by atoms with van der Waals surface area (Å²) >= 11 is 0. The Balaban J connectivity index is 2.43. The van der Waals surface area contributed by atoms with E-state index in [4.69, 9.17) is 10.5 Å². The minimum atomic E-state index is -0.722. The number of rotatable bonds is 4. The molecule has 1 heterocycles. The van der Waals surface area contributed by atoms with Crippen LogP contribution < -0.4 is 5.73 Å². The molecule has 0 amide bonds. The summed E-state index contributed by atoms with van der Waals surface area (Å²) in [7, 11) is 1.39. The van der Waals surface area contributed by atoms with Crippen LogP contribution in [0.4, 0.5) is 0 Å². The molecule has 4 heteroatoms. The Bertz CT molecular complexity index is 592. The number of fused-ring (bicyclic) bond motifs is 1. The maximum absolute atomic E-state index is 11.9. The first-order chi connectivity index (χ1) is 9.10. The molecule has 0 fully saturated rings. The molecular weight excluding hydrogens is 240 g/mol. The molecule has 0 bridgehead atoms. The number of nitrogens with zero attached hydrogens (tertiary/aromatic N) is 1. The van der Waals surface area contributed by atoms with E-state index in [1.165, 1.54) is 7.11 Å². The predicted molar refractivity (Wildman–Crippen MR) is 74.6 cm³/mol. The highest BCUT2D eigenvalue weighted by molar-refractivity contribution is 5.83. The molecule has 0 aliphatic heterocycles. The molecule has 0 aliphatic rings. The van der Waals surface area contributed by atoms with Gasteiger partial charge in [0, 0.05) is 18.1 Å². The molecule has 1 unspecified atom stereocenters. The Hall–Kier alpha value is -1.94. The summed E-state index contributed by atoms with van der Waals surface area (Å²) in [4.78, 5) is 16.3. The molecule has 2 N–H and O–H groups in total. The van der Waals surface area contributed by atoms with Crippen LogP contribution in [-0.2, 0) is 16.0 Å². The summed E-state index contributed by atoms with van der Waals surface area (Å²) in [6.07, 6.45) is 2.27. The number of carbonyl (C=O) groups is 1. The van der Waals surface area contributed by atoms with Gasteiger partial charge in [-0.05, 0) is 25.0 Å². The van der Waals surface area contributed by atoms with Gasteiger partial charge in [0.25, 0.3) is 0 Å². The monoisotopic (exact) mass is 258 g/mol. The summed E-state index contributed by atoms with van der Waals surface area (Å²) in [5.74, 6) is -0.289. The van der Waals surface area contributed by atoms with E-state index in [1.54, 1.807) is 6.20 Å². The van der Waals surface area contributed by atoms with E-state index in [0.29, 0.717) is 6.42 Å². The number of benzene rings is 1. The summed E-state index contributed by atoms with van der Waals surface area (Å²) in [6, 6.07) is 9.85. The van der Waals surface area contributed by atoms with E-state index in [9.17, 15) is 4.79 Å². The zero-order chi connectivity index (χ0) is 13.9. The number of nitrogens with two attached hydrogens (primary N) is 1. The van der Waals surface area contributed by atoms with E-state index in [-0.39, 0.29) is 12.5 Å². The Morgan fingerprint density at radius 3 is 2.79 bits per heavy atom. The number of aromatic nitrogens is 1. The smallest absolute Gasteiger partial charge is 0.313 e. The molecule has 1 atom stereocenters. The maximum atomic E-state index is 11.9. The second-order valence-electron chi connectivity index (χ2n) is 4.93. The third-order valence-electron chi connectivity index (χ3n) is 3.43. The minimum Gasteiger partial charge on any atom is -0.469 e. The van der Waals surface area contributed by atoms with Gasteiger partial charge in [-0.15, -0.1) is 0 Å². The van der Waals surface area contributed by atoms with Crippen molar-refractivity contribution in [1.29, 1.82) is 0 Å². The molecule has 4 nitrogen and oxygen atoms in total. The lowest BCUT2D eigenvalue weighted by Crippen LogP contribution is -2.38. The zero-order valence-corrected chi connectivity index (χ0v) is 11.2. The lowest BCUT2D eigenvalue weighted by molar-refractivity contribution is -0.151. The summed E-state index contributed by atoms with van der Waals surface area (Å²) in [5, 5.41) is 1.06. The van der Waals surface area contributed by atoms with Crippen molar-refractivity contribution in [3.05, 3.63) is 42.1 Å². The Kier molecular flexibility index (Phi) is 3.81. The van der Waals surface area contributed by atoms with E-state index in [2.05, 4.69) is 4.98 Å². The molecule has 1 aromatic heterocycles. The van der Waals surface area contributed by atoms with Crippen LogP contribution >= 0.6 is 0 Å². The Labute approximate surface area is 112 Å². The molecule has 0 saturated carbocycles. The number of hydrogen-bond donors (Lipinski definition) is 1. The maximum Gasteiger partial charge on any atom is 0.313 e. The van der Waals surface area contributed by atoms with Gasteiger partial charge in [-0.25, -0.2) is 0 Å². The Morgan fingerprint density at radius 1 is 1.37 bits per heavy atom. The molecule has 0 saturated heterocycles. The molecule has 1 aromatic carbocycles. The highest BCUT2D eigenvalue weighted by Crippen LogP contribution is 2.26. The van der Waals surface area contributed by atoms with Crippen LogP contribution in [0.1, 0.15) is 12.5 Å². The number of ether oxygens (including phenoxy) is 1. The van der Waals surface area contributed by atoms with Crippen LogP contribution in [0.5, 0.6) is 0 Å². The first-order valence-corrected chi connectivity index (χ1v) is 6.22. The van der Waals surface area contributed by atoms with Crippen LogP contribution in [0.25, 0.3) is 10.9 Å².